The second kappa shape index (κ2) is 5.67. The van der Waals surface area contributed by atoms with Crippen LogP contribution in [0.3, 0.4) is 0 Å². The molecule has 1 N–H and O–H groups in total. The van der Waals surface area contributed by atoms with Gasteiger partial charge in [-0.15, -0.1) is 0 Å². The minimum absolute atomic E-state index is 0.139. The van der Waals surface area contributed by atoms with Gasteiger partial charge < -0.3 is 14.6 Å². The molecule has 0 aromatic rings. The molecule has 19 heavy (non-hydrogen) atoms. The molecule has 5 nitrogen and oxygen atoms in total. The molecule has 0 spiro atoms. The second-order valence-corrected chi connectivity index (χ2v) is 6.56. The number of amides is 1. The lowest BCUT2D eigenvalue weighted by molar-refractivity contribution is -0.0637. The van der Waals surface area contributed by atoms with E-state index in [0.717, 1.165) is 0 Å². The molecule has 1 heterocycles. The maximum atomic E-state index is 12.3. The maximum Gasteiger partial charge on any atom is 0.412 e. The molecule has 0 aliphatic carbocycles. The topological polar surface area (TPSA) is 59.0 Å². The van der Waals surface area contributed by atoms with Gasteiger partial charge in [0.05, 0.1) is 18.8 Å². The molecule has 0 bridgehead atoms. The van der Waals surface area contributed by atoms with Crippen molar-refractivity contribution in [1.82, 2.24) is 4.90 Å². The van der Waals surface area contributed by atoms with Crippen molar-refractivity contribution in [2.45, 2.75) is 77.9 Å². The smallest absolute Gasteiger partial charge is 0.412 e. The van der Waals surface area contributed by atoms with E-state index >= 15 is 0 Å². The summed E-state index contributed by atoms with van der Waals surface area (Å²) in [5.41, 5.74) is -1.23. The van der Waals surface area contributed by atoms with Gasteiger partial charge in [0.15, 0.2) is 0 Å². The van der Waals surface area contributed by atoms with Crippen molar-refractivity contribution >= 4 is 6.09 Å². The molecule has 1 fully saturated rings. The Hall–Kier alpha value is -0.810. The van der Waals surface area contributed by atoms with Crippen LogP contribution in [0.2, 0.25) is 0 Å². The molecular formula is C14H27NO4. The highest BCUT2D eigenvalue weighted by Gasteiger charge is 2.45. The first-order valence-corrected chi connectivity index (χ1v) is 6.91. The van der Waals surface area contributed by atoms with Crippen LogP contribution in [0.15, 0.2) is 0 Å². The Labute approximate surface area is 115 Å². The fraction of sp³-hybridized carbons (Fsp3) is 0.929. The minimum Gasteiger partial charge on any atom is -0.444 e. The third-order valence-corrected chi connectivity index (χ3v) is 3.18. The average molecular weight is 273 g/mol. The van der Waals surface area contributed by atoms with E-state index in [-0.39, 0.29) is 12.1 Å². The van der Waals surface area contributed by atoms with Crippen molar-refractivity contribution in [3.8, 4) is 0 Å². The number of hydrogen-bond donors (Lipinski definition) is 1. The summed E-state index contributed by atoms with van der Waals surface area (Å²) in [6.45, 7) is 11.6. The third-order valence-electron chi connectivity index (χ3n) is 3.18. The molecule has 1 unspecified atom stereocenters. The molecule has 5 heteroatoms. The van der Waals surface area contributed by atoms with Gasteiger partial charge in [-0.25, -0.2) is 4.79 Å². The van der Waals surface area contributed by atoms with Crippen molar-refractivity contribution in [3.63, 3.8) is 0 Å². The molecule has 1 rings (SSSR count). The van der Waals surface area contributed by atoms with Crippen molar-refractivity contribution in [2.75, 3.05) is 6.61 Å². The van der Waals surface area contributed by atoms with Crippen LogP contribution in [0, 0.1) is 0 Å². The monoisotopic (exact) mass is 273 g/mol. The molecule has 112 valence electrons. The SMILES string of the molecule is CCC(O)C[C@H]1COC(C)(C)N1C(=O)OC(C)(C)C. The predicted octanol–water partition coefficient (Wildman–Crippen LogP) is 2.52. The summed E-state index contributed by atoms with van der Waals surface area (Å²) in [4.78, 5) is 13.9. The van der Waals surface area contributed by atoms with Crippen LogP contribution in [0.1, 0.15) is 54.4 Å². The van der Waals surface area contributed by atoms with Gasteiger partial charge in [-0.1, -0.05) is 6.92 Å². The quantitative estimate of drug-likeness (QED) is 0.858. The van der Waals surface area contributed by atoms with Crippen LogP contribution < -0.4 is 0 Å². The summed E-state index contributed by atoms with van der Waals surface area (Å²) in [5, 5.41) is 9.79. The molecule has 1 amide bonds. The van der Waals surface area contributed by atoms with E-state index in [4.69, 9.17) is 9.47 Å². The molecule has 0 aromatic heterocycles. The summed E-state index contributed by atoms with van der Waals surface area (Å²) in [7, 11) is 0. The van der Waals surface area contributed by atoms with Gasteiger partial charge in [0, 0.05) is 0 Å². The number of aliphatic hydroxyl groups is 1. The van der Waals surface area contributed by atoms with Crippen LogP contribution in [0.5, 0.6) is 0 Å². The van der Waals surface area contributed by atoms with E-state index in [1.54, 1.807) is 4.90 Å². The van der Waals surface area contributed by atoms with Crippen LogP contribution >= 0.6 is 0 Å². The Morgan fingerprint density at radius 1 is 1.53 bits per heavy atom. The summed E-state index contributed by atoms with van der Waals surface area (Å²) < 4.78 is 11.1. The summed E-state index contributed by atoms with van der Waals surface area (Å²) >= 11 is 0. The summed E-state index contributed by atoms with van der Waals surface area (Å²) in [6, 6.07) is -0.139. The zero-order valence-corrected chi connectivity index (χ0v) is 12.9. The third kappa shape index (κ3) is 4.35. The molecule has 1 aliphatic rings. The van der Waals surface area contributed by atoms with Crippen LogP contribution in [-0.2, 0) is 9.47 Å². The molecule has 0 saturated carbocycles. The highest BCUT2D eigenvalue weighted by atomic mass is 16.6. The maximum absolute atomic E-state index is 12.3. The fourth-order valence-electron chi connectivity index (χ4n) is 2.22. The molecule has 2 atom stereocenters. The Bertz CT molecular complexity index is 322. The Morgan fingerprint density at radius 2 is 2.11 bits per heavy atom. The summed E-state index contributed by atoms with van der Waals surface area (Å²) in [6.07, 6.45) is 0.369. The first-order chi connectivity index (χ1) is 8.57. The Morgan fingerprint density at radius 3 is 2.58 bits per heavy atom. The molecule has 1 aliphatic heterocycles. The van der Waals surface area contributed by atoms with Gasteiger partial charge in [-0.05, 0) is 47.5 Å². The molecule has 1 saturated heterocycles. The van der Waals surface area contributed by atoms with Crippen molar-refractivity contribution in [2.24, 2.45) is 0 Å². The first-order valence-electron chi connectivity index (χ1n) is 6.91. The van der Waals surface area contributed by atoms with Crippen LogP contribution in [0.4, 0.5) is 4.79 Å². The minimum atomic E-state index is -0.694. The fourth-order valence-corrected chi connectivity index (χ4v) is 2.22. The van der Waals surface area contributed by atoms with E-state index in [9.17, 15) is 9.90 Å². The van der Waals surface area contributed by atoms with Crippen molar-refractivity contribution in [3.05, 3.63) is 0 Å². The van der Waals surface area contributed by atoms with Gasteiger partial charge in [0.1, 0.15) is 11.3 Å². The van der Waals surface area contributed by atoms with E-state index in [1.165, 1.54) is 0 Å². The van der Waals surface area contributed by atoms with Crippen molar-refractivity contribution < 1.29 is 19.4 Å². The number of aliphatic hydroxyl groups excluding tert-OH is 1. The van der Waals surface area contributed by atoms with Gasteiger partial charge >= 0.3 is 6.09 Å². The van der Waals surface area contributed by atoms with Gasteiger partial charge in [0.2, 0.25) is 0 Å². The second-order valence-electron chi connectivity index (χ2n) is 6.56. The number of ether oxygens (including phenoxy) is 2. The molecule has 0 radical (unpaired) electrons. The summed E-state index contributed by atoms with van der Waals surface area (Å²) in [5.74, 6) is 0. The standard InChI is InChI=1S/C14H27NO4/c1-7-11(16)8-10-9-18-14(5,6)15(10)12(17)19-13(2,3)4/h10-11,16H,7-9H2,1-6H3/t10-,11?/m0/s1. The molecular weight excluding hydrogens is 246 g/mol. The Balaban J connectivity index is 2.81. The van der Waals surface area contributed by atoms with Gasteiger partial charge in [-0.2, -0.15) is 0 Å². The highest BCUT2D eigenvalue weighted by Crippen LogP contribution is 2.31. The van der Waals surface area contributed by atoms with E-state index in [1.807, 2.05) is 41.5 Å². The zero-order valence-electron chi connectivity index (χ0n) is 12.9. The predicted molar refractivity (Wildman–Crippen MR) is 72.8 cm³/mol. The lowest BCUT2D eigenvalue weighted by atomic mass is 10.1. The number of carbonyl (C=O) groups excluding carboxylic acids is 1. The zero-order chi connectivity index (χ0) is 14.8. The van der Waals surface area contributed by atoms with E-state index < -0.39 is 17.4 Å². The normalized spacial score (nSPS) is 24.4. The Kier molecular flexibility index (Phi) is 4.85. The van der Waals surface area contributed by atoms with Crippen LogP contribution in [-0.4, -0.2) is 46.2 Å². The molecule has 0 aromatic carbocycles. The van der Waals surface area contributed by atoms with E-state index in [2.05, 4.69) is 0 Å². The lowest BCUT2D eigenvalue weighted by Crippen LogP contribution is -2.50. The number of nitrogens with zero attached hydrogens (tertiary/aromatic N) is 1. The van der Waals surface area contributed by atoms with E-state index in [0.29, 0.717) is 19.4 Å². The van der Waals surface area contributed by atoms with Gasteiger partial charge in [0.25, 0.3) is 0 Å². The van der Waals surface area contributed by atoms with Crippen molar-refractivity contribution in [1.29, 1.82) is 0 Å². The first kappa shape index (κ1) is 16.2. The largest absolute Gasteiger partial charge is 0.444 e. The lowest BCUT2D eigenvalue weighted by Gasteiger charge is -2.35. The van der Waals surface area contributed by atoms with Crippen LogP contribution in [0.25, 0.3) is 0 Å². The average Bonchev–Trinajstić information content (AvgIpc) is 2.51. The number of carbonyl (C=O) groups is 1. The highest BCUT2D eigenvalue weighted by molar-refractivity contribution is 5.69. The number of hydrogen-bond acceptors (Lipinski definition) is 4. The number of rotatable bonds is 3. The van der Waals surface area contributed by atoms with Gasteiger partial charge in [-0.3, -0.25) is 4.90 Å².